The largest absolute Gasteiger partial charge is 0.382 e. The fourth-order valence-electron chi connectivity index (χ4n) is 1.29. The first-order valence-corrected chi connectivity index (χ1v) is 5.01. The second-order valence-electron chi connectivity index (χ2n) is 3.33. The molecule has 0 aromatic carbocycles. The molecule has 0 aliphatic rings. The third-order valence-electron chi connectivity index (χ3n) is 2.14. The van der Waals surface area contributed by atoms with Crippen LogP contribution in [0.3, 0.4) is 0 Å². The molecule has 6 heteroatoms. The molecule has 0 aliphatic carbocycles. The molecule has 0 saturated heterocycles. The van der Waals surface area contributed by atoms with Crippen LogP contribution in [0.15, 0.2) is 36.9 Å². The van der Waals surface area contributed by atoms with Gasteiger partial charge in [-0.25, -0.2) is 9.97 Å². The van der Waals surface area contributed by atoms with E-state index in [-0.39, 0.29) is 17.4 Å². The maximum Gasteiger partial charge on any atom is 0.273 e. The van der Waals surface area contributed by atoms with Crippen molar-refractivity contribution >= 4 is 11.7 Å². The molecule has 2 aromatic heterocycles. The first-order valence-electron chi connectivity index (χ1n) is 5.01. The molecule has 6 nitrogen and oxygen atoms in total. The summed E-state index contributed by atoms with van der Waals surface area (Å²) < 4.78 is 0. The van der Waals surface area contributed by atoms with Gasteiger partial charge in [0.1, 0.15) is 0 Å². The van der Waals surface area contributed by atoms with Crippen LogP contribution in [0, 0.1) is 0 Å². The lowest BCUT2D eigenvalue weighted by Gasteiger charge is -2.05. The number of nitrogens with two attached hydrogens (primary N) is 1. The van der Waals surface area contributed by atoms with E-state index in [1.165, 1.54) is 12.4 Å². The van der Waals surface area contributed by atoms with Crippen LogP contribution in [-0.2, 0) is 6.54 Å². The van der Waals surface area contributed by atoms with Gasteiger partial charge in [0.15, 0.2) is 11.5 Å². The standard InChI is InChI=1S/C11H11N5O/c12-10-9(14-5-6-15-10)11(17)16-7-8-1-3-13-4-2-8/h1-6H,7H2,(H2,12,15)(H,16,17). The van der Waals surface area contributed by atoms with Gasteiger partial charge in [0.2, 0.25) is 0 Å². The molecule has 0 aliphatic heterocycles. The van der Waals surface area contributed by atoms with E-state index in [4.69, 9.17) is 5.73 Å². The third kappa shape index (κ3) is 2.75. The Labute approximate surface area is 97.9 Å². The molecular formula is C11H11N5O. The van der Waals surface area contributed by atoms with E-state index >= 15 is 0 Å². The van der Waals surface area contributed by atoms with E-state index in [0.29, 0.717) is 6.54 Å². The highest BCUT2D eigenvalue weighted by atomic mass is 16.1. The van der Waals surface area contributed by atoms with Crippen molar-refractivity contribution in [3.8, 4) is 0 Å². The van der Waals surface area contributed by atoms with Crippen molar-refractivity contribution in [2.75, 3.05) is 5.73 Å². The van der Waals surface area contributed by atoms with Gasteiger partial charge in [0, 0.05) is 31.3 Å². The van der Waals surface area contributed by atoms with E-state index in [1.807, 2.05) is 12.1 Å². The Morgan fingerprint density at radius 3 is 2.59 bits per heavy atom. The minimum Gasteiger partial charge on any atom is -0.382 e. The summed E-state index contributed by atoms with van der Waals surface area (Å²) in [5, 5.41) is 2.71. The van der Waals surface area contributed by atoms with Crippen molar-refractivity contribution in [2.24, 2.45) is 0 Å². The monoisotopic (exact) mass is 229 g/mol. The van der Waals surface area contributed by atoms with E-state index < -0.39 is 0 Å². The number of pyridine rings is 1. The topological polar surface area (TPSA) is 93.8 Å². The first-order chi connectivity index (χ1) is 8.27. The lowest BCUT2D eigenvalue weighted by atomic mass is 10.2. The maximum atomic E-state index is 11.7. The summed E-state index contributed by atoms with van der Waals surface area (Å²) >= 11 is 0. The van der Waals surface area contributed by atoms with Crippen LogP contribution in [-0.4, -0.2) is 20.9 Å². The fourth-order valence-corrected chi connectivity index (χ4v) is 1.29. The Kier molecular flexibility index (Phi) is 3.25. The van der Waals surface area contributed by atoms with Crippen molar-refractivity contribution < 1.29 is 4.79 Å². The molecule has 2 aromatic rings. The maximum absolute atomic E-state index is 11.7. The molecular weight excluding hydrogens is 218 g/mol. The molecule has 0 fully saturated rings. The number of amides is 1. The smallest absolute Gasteiger partial charge is 0.273 e. The number of nitrogen functional groups attached to an aromatic ring is 1. The van der Waals surface area contributed by atoms with Crippen molar-refractivity contribution in [1.82, 2.24) is 20.3 Å². The molecule has 0 radical (unpaired) electrons. The van der Waals surface area contributed by atoms with E-state index in [2.05, 4.69) is 20.3 Å². The Balaban J connectivity index is 2.01. The summed E-state index contributed by atoms with van der Waals surface area (Å²) in [6.07, 6.45) is 6.20. The summed E-state index contributed by atoms with van der Waals surface area (Å²) in [5.74, 6) is -0.216. The normalized spacial score (nSPS) is 9.88. The zero-order chi connectivity index (χ0) is 12.1. The van der Waals surface area contributed by atoms with Crippen LogP contribution in [0.1, 0.15) is 16.1 Å². The van der Waals surface area contributed by atoms with Gasteiger partial charge < -0.3 is 11.1 Å². The SMILES string of the molecule is Nc1nccnc1C(=O)NCc1ccncc1. The summed E-state index contributed by atoms with van der Waals surface area (Å²) in [6, 6.07) is 3.64. The minimum atomic E-state index is -0.340. The number of hydrogen-bond acceptors (Lipinski definition) is 5. The van der Waals surface area contributed by atoms with Crippen LogP contribution >= 0.6 is 0 Å². The van der Waals surface area contributed by atoms with Crippen LogP contribution in [0.4, 0.5) is 5.82 Å². The van der Waals surface area contributed by atoms with Gasteiger partial charge in [0.25, 0.3) is 5.91 Å². The van der Waals surface area contributed by atoms with Crippen molar-refractivity contribution in [3.05, 3.63) is 48.2 Å². The lowest BCUT2D eigenvalue weighted by molar-refractivity contribution is 0.0946. The Morgan fingerprint density at radius 1 is 1.18 bits per heavy atom. The quantitative estimate of drug-likeness (QED) is 0.793. The second kappa shape index (κ2) is 5.02. The summed E-state index contributed by atoms with van der Waals surface area (Å²) in [4.78, 5) is 23.3. The number of aromatic nitrogens is 3. The Bertz CT molecular complexity index is 514. The second-order valence-corrected chi connectivity index (χ2v) is 3.33. The van der Waals surface area contributed by atoms with E-state index in [9.17, 15) is 4.79 Å². The number of carbonyl (C=O) groups is 1. The van der Waals surface area contributed by atoms with Gasteiger partial charge in [-0.15, -0.1) is 0 Å². The lowest BCUT2D eigenvalue weighted by Crippen LogP contribution is -2.25. The zero-order valence-electron chi connectivity index (χ0n) is 9.00. The first kappa shape index (κ1) is 11.0. The van der Waals surface area contributed by atoms with Crippen LogP contribution in [0.5, 0.6) is 0 Å². The highest BCUT2D eigenvalue weighted by Gasteiger charge is 2.10. The molecule has 1 amide bonds. The molecule has 2 rings (SSSR count). The van der Waals surface area contributed by atoms with Crippen molar-refractivity contribution in [3.63, 3.8) is 0 Å². The predicted octanol–water partition coefficient (Wildman–Crippen LogP) is 0.384. The van der Waals surface area contributed by atoms with Gasteiger partial charge in [-0.3, -0.25) is 9.78 Å². The third-order valence-corrected chi connectivity index (χ3v) is 2.14. The highest BCUT2D eigenvalue weighted by molar-refractivity contribution is 5.96. The highest BCUT2D eigenvalue weighted by Crippen LogP contribution is 2.03. The molecule has 0 unspecified atom stereocenters. The average molecular weight is 229 g/mol. The summed E-state index contributed by atoms with van der Waals surface area (Å²) in [5.41, 5.74) is 6.64. The Hall–Kier alpha value is -2.50. The Morgan fingerprint density at radius 2 is 1.88 bits per heavy atom. The zero-order valence-corrected chi connectivity index (χ0v) is 9.00. The van der Waals surface area contributed by atoms with Crippen molar-refractivity contribution in [2.45, 2.75) is 6.54 Å². The van der Waals surface area contributed by atoms with Crippen LogP contribution < -0.4 is 11.1 Å². The molecule has 86 valence electrons. The van der Waals surface area contributed by atoms with Gasteiger partial charge >= 0.3 is 0 Å². The average Bonchev–Trinajstić information content (AvgIpc) is 2.38. The van der Waals surface area contributed by atoms with Gasteiger partial charge in [-0.2, -0.15) is 0 Å². The molecule has 0 atom stereocenters. The molecule has 0 spiro atoms. The molecule has 3 N–H and O–H groups in total. The van der Waals surface area contributed by atoms with E-state index in [0.717, 1.165) is 5.56 Å². The number of anilines is 1. The number of nitrogens with one attached hydrogen (secondary N) is 1. The number of hydrogen-bond donors (Lipinski definition) is 2. The molecule has 0 bridgehead atoms. The number of rotatable bonds is 3. The number of carbonyl (C=O) groups excluding carboxylic acids is 1. The van der Waals surface area contributed by atoms with Gasteiger partial charge in [-0.1, -0.05) is 0 Å². The van der Waals surface area contributed by atoms with Crippen molar-refractivity contribution in [1.29, 1.82) is 0 Å². The molecule has 2 heterocycles. The molecule has 17 heavy (non-hydrogen) atoms. The van der Waals surface area contributed by atoms with Crippen LogP contribution in [0.2, 0.25) is 0 Å². The number of nitrogens with zero attached hydrogens (tertiary/aromatic N) is 3. The van der Waals surface area contributed by atoms with Gasteiger partial charge in [0.05, 0.1) is 0 Å². The van der Waals surface area contributed by atoms with Gasteiger partial charge in [-0.05, 0) is 17.7 Å². The molecule has 0 saturated carbocycles. The van der Waals surface area contributed by atoms with Crippen LogP contribution in [0.25, 0.3) is 0 Å². The van der Waals surface area contributed by atoms with E-state index in [1.54, 1.807) is 12.4 Å². The fraction of sp³-hybridized carbons (Fsp3) is 0.0909. The predicted molar refractivity (Wildman–Crippen MR) is 61.9 cm³/mol. The summed E-state index contributed by atoms with van der Waals surface area (Å²) in [7, 11) is 0. The summed E-state index contributed by atoms with van der Waals surface area (Å²) in [6.45, 7) is 0.400. The minimum absolute atomic E-state index is 0.125.